The van der Waals surface area contributed by atoms with Gasteiger partial charge in [-0.1, -0.05) is 20.3 Å². The van der Waals surface area contributed by atoms with Gasteiger partial charge in [0.15, 0.2) is 0 Å². The van der Waals surface area contributed by atoms with Gasteiger partial charge in [-0.15, -0.1) is 0 Å². The van der Waals surface area contributed by atoms with Crippen molar-refractivity contribution in [3.05, 3.63) is 0 Å². The van der Waals surface area contributed by atoms with Crippen LogP contribution in [-0.2, 0) is 4.79 Å². The van der Waals surface area contributed by atoms with E-state index in [1.807, 2.05) is 0 Å². The first-order valence-electron chi connectivity index (χ1n) is 7.08. The monoisotopic (exact) mass is 238 g/mol. The Morgan fingerprint density at radius 2 is 2.12 bits per heavy atom. The zero-order chi connectivity index (χ0) is 12.3. The van der Waals surface area contributed by atoms with E-state index in [9.17, 15) is 4.79 Å². The van der Waals surface area contributed by atoms with Crippen molar-refractivity contribution < 1.29 is 4.79 Å². The maximum Gasteiger partial charge on any atom is 0.220 e. The van der Waals surface area contributed by atoms with E-state index < -0.39 is 0 Å². The molecule has 1 atom stereocenters. The van der Waals surface area contributed by atoms with Crippen LogP contribution in [0.1, 0.15) is 52.4 Å². The third-order valence-corrected chi connectivity index (χ3v) is 4.53. The molecule has 0 radical (unpaired) electrons. The molecule has 0 spiro atoms. The molecule has 0 bridgehead atoms. The summed E-state index contributed by atoms with van der Waals surface area (Å²) in [6.45, 7) is 6.47. The zero-order valence-corrected chi connectivity index (χ0v) is 11.2. The van der Waals surface area contributed by atoms with Crippen LogP contribution in [0, 0.1) is 11.3 Å². The van der Waals surface area contributed by atoms with Crippen LogP contribution in [0.5, 0.6) is 0 Å². The van der Waals surface area contributed by atoms with Crippen molar-refractivity contribution in [1.29, 1.82) is 0 Å². The quantitative estimate of drug-likeness (QED) is 0.787. The number of rotatable bonds is 4. The summed E-state index contributed by atoms with van der Waals surface area (Å²) < 4.78 is 0. The van der Waals surface area contributed by atoms with E-state index in [2.05, 4.69) is 24.5 Å². The molecular formula is C14H26N2O. The highest BCUT2D eigenvalue weighted by atomic mass is 16.1. The van der Waals surface area contributed by atoms with Gasteiger partial charge in [0.2, 0.25) is 5.91 Å². The highest BCUT2D eigenvalue weighted by Gasteiger charge is 2.32. The van der Waals surface area contributed by atoms with Crippen molar-refractivity contribution in [3.63, 3.8) is 0 Å². The van der Waals surface area contributed by atoms with Gasteiger partial charge in [0.25, 0.3) is 0 Å². The summed E-state index contributed by atoms with van der Waals surface area (Å²) in [4.78, 5) is 11.8. The van der Waals surface area contributed by atoms with Crippen molar-refractivity contribution in [2.75, 3.05) is 13.1 Å². The van der Waals surface area contributed by atoms with Crippen LogP contribution in [0.15, 0.2) is 0 Å². The molecule has 1 heterocycles. The average Bonchev–Trinajstić information content (AvgIpc) is 2.21. The molecule has 3 nitrogen and oxygen atoms in total. The van der Waals surface area contributed by atoms with Crippen LogP contribution in [0.25, 0.3) is 0 Å². The fraction of sp³-hybridized carbons (Fsp3) is 0.929. The van der Waals surface area contributed by atoms with Crippen molar-refractivity contribution >= 4 is 5.91 Å². The number of nitrogens with one attached hydrogen (secondary N) is 2. The van der Waals surface area contributed by atoms with Crippen LogP contribution >= 0.6 is 0 Å². The Hall–Kier alpha value is -0.570. The minimum absolute atomic E-state index is 0.248. The summed E-state index contributed by atoms with van der Waals surface area (Å²) in [5.74, 6) is 0.917. The Labute approximate surface area is 105 Å². The fourth-order valence-corrected chi connectivity index (χ4v) is 2.87. The smallest absolute Gasteiger partial charge is 0.220 e. The molecule has 1 saturated heterocycles. The summed E-state index contributed by atoms with van der Waals surface area (Å²) in [6, 6.07) is 0.432. The Balaban J connectivity index is 1.70. The third-order valence-electron chi connectivity index (χ3n) is 4.53. The van der Waals surface area contributed by atoms with E-state index in [1.54, 1.807) is 0 Å². The second-order valence-electron chi connectivity index (χ2n) is 6.40. The zero-order valence-electron chi connectivity index (χ0n) is 11.2. The molecule has 3 heteroatoms. The number of carbonyl (C=O) groups excluding carboxylic acids is 1. The first kappa shape index (κ1) is 12.9. The van der Waals surface area contributed by atoms with Gasteiger partial charge < -0.3 is 10.6 Å². The molecule has 2 N–H and O–H groups in total. The lowest BCUT2D eigenvalue weighted by Crippen LogP contribution is -2.52. The van der Waals surface area contributed by atoms with E-state index in [0.29, 0.717) is 17.4 Å². The fourth-order valence-electron chi connectivity index (χ4n) is 2.87. The summed E-state index contributed by atoms with van der Waals surface area (Å²) in [7, 11) is 0. The highest BCUT2D eigenvalue weighted by Crippen LogP contribution is 2.30. The summed E-state index contributed by atoms with van der Waals surface area (Å²) in [5, 5.41) is 6.64. The molecule has 17 heavy (non-hydrogen) atoms. The molecule has 1 unspecified atom stereocenters. The second-order valence-corrected chi connectivity index (χ2v) is 6.40. The van der Waals surface area contributed by atoms with E-state index in [-0.39, 0.29) is 5.91 Å². The van der Waals surface area contributed by atoms with Gasteiger partial charge >= 0.3 is 0 Å². The molecule has 98 valence electrons. The Kier molecular flexibility index (Phi) is 4.08. The number of carbonyl (C=O) groups is 1. The molecule has 2 fully saturated rings. The van der Waals surface area contributed by atoms with Crippen molar-refractivity contribution in [1.82, 2.24) is 10.6 Å². The number of piperidine rings is 1. The van der Waals surface area contributed by atoms with E-state index in [1.165, 1.54) is 32.1 Å². The summed E-state index contributed by atoms with van der Waals surface area (Å²) in [5.41, 5.74) is 0.308. The minimum Gasteiger partial charge on any atom is -0.355 e. The van der Waals surface area contributed by atoms with Gasteiger partial charge in [0.1, 0.15) is 0 Å². The Bertz CT molecular complexity index is 271. The lowest BCUT2D eigenvalue weighted by molar-refractivity contribution is -0.122. The van der Waals surface area contributed by atoms with Crippen LogP contribution < -0.4 is 10.6 Å². The standard InChI is InChI=1S/C14H26N2O/c1-14(2)7-4-8-15-12(14)10-16-13(17)9-11-5-3-6-11/h11-12,15H,3-10H2,1-2H3,(H,16,17). The maximum absolute atomic E-state index is 11.8. The molecule has 1 aliphatic heterocycles. The first-order chi connectivity index (χ1) is 8.08. The van der Waals surface area contributed by atoms with Crippen LogP contribution in [0.3, 0.4) is 0 Å². The van der Waals surface area contributed by atoms with Gasteiger partial charge in [0.05, 0.1) is 0 Å². The predicted molar refractivity (Wildman–Crippen MR) is 69.8 cm³/mol. The minimum atomic E-state index is 0.248. The van der Waals surface area contributed by atoms with Crippen LogP contribution in [0.4, 0.5) is 0 Å². The summed E-state index contributed by atoms with van der Waals surface area (Å²) in [6.07, 6.45) is 7.06. The third kappa shape index (κ3) is 3.44. The molecule has 0 aromatic carbocycles. The van der Waals surface area contributed by atoms with E-state index >= 15 is 0 Å². The largest absolute Gasteiger partial charge is 0.355 e. The van der Waals surface area contributed by atoms with Crippen molar-refractivity contribution in [3.8, 4) is 0 Å². The normalized spacial score (nSPS) is 28.5. The van der Waals surface area contributed by atoms with Gasteiger partial charge in [-0.25, -0.2) is 0 Å². The molecular weight excluding hydrogens is 212 g/mol. The lowest BCUT2D eigenvalue weighted by Gasteiger charge is -2.39. The lowest BCUT2D eigenvalue weighted by atomic mass is 9.77. The van der Waals surface area contributed by atoms with Gasteiger partial charge in [-0.3, -0.25) is 4.79 Å². The Morgan fingerprint density at radius 3 is 2.71 bits per heavy atom. The number of hydrogen-bond donors (Lipinski definition) is 2. The van der Waals surface area contributed by atoms with Gasteiger partial charge in [-0.2, -0.15) is 0 Å². The number of amides is 1. The SMILES string of the molecule is CC1(C)CCCNC1CNC(=O)CC1CCC1. The molecule has 1 saturated carbocycles. The molecule has 0 aromatic heterocycles. The number of hydrogen-bond acceptors (Lipinski definition) is 2. The van der Waals surface area contributed by atoms with Crippen molar-refractivity contribution in [2.24, 2.45) is 11.3 Å². The van der Waals surface area contributed by atoms with E-state index in [0.717, 1.165) is 19.5 Å². The van der Waals surface area contributed by atoms with Gasteiger partial charge in [-0.05, 0) is 43.6 Å². The second kappa shape index (κ2) is 5.38. The predicted octanol–water partition coefficient (Wildman–Crippen LogP) is 2.07. The first-order valence-corrected chi connectivity index (χ1v) is 7.08. The van der Waals surface area contributed by atoms with E-state index in [4.69, 9.17) is 0 Å². The Morgan fingerprint density at radius 1 is 1.35 bits per heavy atom. The molecule has 0 aromatic rings. The maximum atomic E-state index is 11.8. The summed E-state index contributed by atoms with van der Waals surface area (Å²) >= 11 is 0. The topological polar surface area (TPSA) is 41.1 Å². The molecule has 1 amide bonds. The van der Waals surface area contributed by atoms with Gasteiger partial charge in [0, 0.05) is 19.0 Å². The highest BCUT2D eigenvalue weighted by molar-refractivity contribution is 5.76. The molecule has 1 aliphatic carbocycles. The average molecular weight is 238 g/mol. The van der Waals surface area contributed by atoms with Crippen LogP contribution in [0.2, 0.25) is 0 Å². The van der Waals surface area contributed by atoms with Crippen molar-refractivity contribution in [2.45, 2.75) is 58.4 Å². The van der Waals surface area contributed by atoms with Crippen LogP contribution in [-0.4, -0.2) is 25.0 Å². The molecule has 2 aliphatic rings. The molecule has 2 rings (SSSR count).